The lowest BCUT2D eigenvalue weighted by Crippen LogP contribution is -2.22. The fourth-order valence-electron chi connectivity index (χ4n) is 2.25. The summed E-state index contributed by atoms with van der Waals surface area (Å²) >= 11 is 0. The highest BCUT2D eigenvalue weighted by atomic mass is 16.7. The lowest BCUT2D eigenvalue weighted by molar-refractivity contribution is -0.168. The van der Waals surface area contributed by atoms with Crippen LogP contribution in [-0.4, -0.2) is 37.5 Å². The Morgan fingerprint density at radius 3 is 2.52 bits per heavy atom. The van der Waals surface area contributed by atoms with Gasteiger partial charge in [-0.25, -0.2) is 4.79 Å². The summed E-state index contributed by atoms with van der Waals surface area (Å²) in [6.07, 6.45) is 2.42. The van der Waals surface area contributed by atoms with E-state index in [1.807, 2.05) is 0 Å². The minimum absolute atomic E-state index is 0.164. The van der Waals surface area contributed by atoms with Gasteiger partial charge in [-0.3, -0.25) is 9.59 Å². The monoisotopic (exact) mass is 320 g/mol. The molecule has 1 unspecified atom stereocenters. The molecular formula is C17H20O6. The van der Waals surface area contributed by atoms with Crippen molar-refractivity contribution in [3.8, 4) is 0 Å². The predicted octanol–water partition coefficient (Wildman–Crippen LogP) is 2.04. The van der Waals surface area contributed by atoms with Crippen molar-refractivity contribution in [1.82, 2.24) is 0 Å². The molecule has 0 spiro atoms. The van der Waals surface area contributed by atoms with Crippen molar-refractivity contribution in [3.63, 3.8) is 0 Å². The van der Waals surface area contributed by atoms with E-state index in [2.05, 4.69) is 4.74 Å². The molecule has 1 aromatic rings. The third-order valence-electron chi connectivity index (χ3n) is 3.58. The maximum absolute atomic E-state index is 11.9. The average molecular weight is 320 g/mol. The van der Waals surface area contributed by atoms with Crippen molar-refractivity contribution in [3.05, 3.63) is 35.4 Å². The molecule has 1 aliphatic rings. The SMILES string of the molecule is COC(=O)C(=O)CC(=O)c1ccc(COC2CCCCO2)cc1. The van der Waals surface area contributed by atoms with Crippen LogP contribution < -0.4 is 0 Å². The number of Topliss-reactive ketones (excluding diaryl/α,β-unsaturated/α-hetero) is 2. The number of rotatable bonds is 7. The lowest BCUT2D eigenvalue weighted by atomic mass is 10.0. The summed E-state index contributed by atoms with van der Waals surface area (Å²) in [7, 11) is 1.11. The molecule has 1 fully saturated rings. The third kappa shape index (κ3) is 5.26. The van der Waals surface area contributed by atoms with Gasteiger partial charge in [-0.05, 0) is 24.8 Å². The standard InChI is InChI=1S/C17H20O6/c1-21-17(20)15(19)10-14(18)13-7-5-12(6-8-13)11-23-16-4-2-3-9-22-16/h5-8,16H,2-4,9-11H2,1H3. The molecule has 1 atom stereocenters. The second-order valence-electron chi connectivity index (χ2n) is 5.32. The van der Waals surface area contributed by atoms with Crippen molar-refractivity contribution in [2.24, 2.45) is 0 Å². The van der Waals surface area contributed by atoms with Crippen LogP contribution in [0.25, 0.3) is 0 Å². The second-order valence-corrected chi connectivity index (χ2v) is 5.32. The minimum atomic E-state index is -1.00. The van der Waals surface area contributed by atoms with E-state index in [1.54, 1.807) is 24.3 Å². The number of carbonyl (C=O) groups is 3. The first-order chi connectivity index (χ1) is 11.1. The fourth-order valence-corrected chi connectivity index (χ4v) is 2.25. The molecule has 1 saturated heterocycles. The van der Waals surface area contributed by atoms with Crippen LogP contribution in [0.1, 0.15) is 41.6 Å². The number of hydrogen-bond donors (Lipinski definition) is 0. The Bertz CT molecular complexity index is 557. The molecule has 124 valence electrons. The van der Waals surface area contributed by atoms with E-state index in [0.29, 0.717) is 12.2 Å². The average Bonchev–Trinajstić information content (AvgIpc) is 2.60. The summed E-state index contributed by atoms with van der Waals surface area (Å²) in [5, 5.41) is 0. The van der Waals surface area contributed by atoms with E-state index in [0.717, 1.165) is 38.5 Å². The second kappa shape index (κ2) is 8.55. The van der Waals surface area contributed by atoms with Crippen molar-refractivity contribution in [2.45, 2.75) is 38.6 Å². The van der Waals surface area contributed by atoms with Gasteiger partial charge in [-0.15, -0.1) is 0 Å². The molecule has 23 heavy (non-hydrogen) atoms. The first kappa shape index (κ1) is 17.3. The smallest absolute Gasteiger partial charge is 0.374 e. The number of benzene rings is 1. The summed E-state index contributed by atoms with van der Waals surface area (Å²) < 4.78 is 15.4. The van der Waals surface area contributed by atoms with Crippen LogP contribution in [0.4, 0.5) is 0 Å². The number of carbonyl (C=O) groups excluding carboxylic acids is 3. The normalized spacial score (nSPS) is 17.5. The summed E-state index contributed by atoms with van der Waals surface area (Å²) in [6.45, 7) is 1.13. The molecule has 6 heteroatoms. The topological polar surface area (TPSA) is 78.9 Å². The molecule has 2 rings (SSSR count). The molecule has 0 aliphatic carbocycles. The predicted molar refractivity (Wildman–Crippen MR) is 80.8 cm³/mol. The molecule has 1 heterocycles. The number of methoxy groups -OCH3 is 1. The van der Waals surface area contributed by atoms with Crippen LogP contribution in [0.3, 0.4) is 0 Å². The van der Waals surface area contributed by atoms with E-state index >= 15 is 0 Å². The van der Waals surface area contributed by atoms with Gasteiger partial charge in [0.1, 0.15) is 0 Å². The van der Waals surface area contributed by atoms with Gasteiger partial charge < -0.3 is 14.2 Å². The number of esters is 1. The molecule has 0 bridgehead atoms. The van der Waals surface area contributed by atoms with Gasteiger partial charge in [0.15, 0.2) is 12.1 Å². The molecule has 0 saturated carbocycles. The zero-order chi connectivity index (χ0) is 16.7. The van der Waals surface area contributed by atoms with Crippen LogP contribution >= 0.6 is 0 Å². The molecule has 0 amide bonds. The summed E-state index contributed by atoms with van der Waals surface area (Å²) in [4.78, 5) is 34.3. The first-order valence-electron chi connectivity index (χ1n) is 7.56. The molecule has 1 aliphatic heterocycles. The van der Waals surface area contributed by atoms with Crippen LogP contribution in [0, 0.1) is 0 Å². The van der Waals surface area contributed by atoms with Crippen LogP contribution in [0.2, 0.25) is 0 Å². The highest BCUT2D eigenvalue weighted by molar-refractivity contribution is 6.38. The highest BCUT2D eigenvalue weighted by Gasteiger charge is 2.19. The first-order valence-corrected chi connectivity index (χ1v) is 7.56. The van der Waals surface area contributed by atoms with Gasteiger partial charge in [-0.2, -0.15) is 0 Å². The number of ether oxygens (including phenoxy) is 3. The molecule has 0 aromatic heterocycles. The summed E-state index contributed by atoms with van der Waals surface area (Å²) in [6, 6.07) is 6.76. The Kier molecular flexibility index (Phi) is 6.43. The van der Waals surface area contributed by atoms with Gasteiger partial charge in [0, 0.05) is 12.2 Å². The van der Waals surface area contributed by atoms with Crippen molar-refractivity contribution in [1.29, 1.82) is 0 Å². The number of hydrogen-bond acceptors (Lipinski definition) is 6. The lowest BCUT2D eigenvalue weighted by Gasteiger charge is -2.22. The Balaban J connectivity index is 1.84. The Morgan fingerprint density at radius 2 is 1.91 bits per heavy atom. The third-order valence-corrected chi connectivity index (χ3v) is 3.58. The van der Waals surface area contributed by atoms with E-state index in [1.165, 1.54) is 0 Å². The van der Waals surface area contributed by atoms with Crippen molar-refractivity contribution >= 4 is 17.5 Å². The molecule has 0 N–H and O–H groups in total. The van der Waals surface area contributed by atoms with E-state index in [4.69, 9.17) is 9.47 Å². The van der Waals surface area contributed by atoms with Gasteiger partial charge >= 0.3 is 5.97 Å². The zero-order valence-electron chi connectivity index (χ0n) is 13.1. The molecule has 6 nitrogen and oxygen atoms in total. The van der Waals surface area contributed by atoms with Gasteiger partial charge in [0.2, 0.25) is 5.78 Å². The maximum Gasteiger partial charge on any atom is 0.374 e. The van der Waals surface area contributed by atoms with Crippen LogP contribution in [0.5, 0.6) is 0 Å². The van der Waals surface area contributed by atoms with Crippen LogP contribution in [-0.2, 0) is 30.4 Å². The van der Waals surface area contributed by atoms with Crippen molar-refractivity contribution < 1.29 is 28.6 Å². The Morgan fingerprint density at radius 1 is 1.17 bits per heavy atom. The van der Waals surface area contributed by atoms with Crippen molar-refractivity contribution in [2.75, 3.05) is 13.7 Å². The zero-order valence-corrected chi connectivity index (χ0v) is 13.1. The van der Waals surface area contributed by atoms with Gasteiger partial charge in [0.05, 0.1) is 20.1 Å². The van der Waals surface area contributed by atoms with E-state index < -0.39 is 24.0 Å². The molecular weight excluding hydrogens is 300 g/mol. The maximum atomic E-state index is 11.9. The summed E-state index contributed by atoms with van der Waals surface area (Å²) in [5.74, 6) is -2.27. The quantitative estimate of drug-likeness (QED) is 0.331. The molecule has 0 radical (unpaired) electrons. The fraction of sp³-hybridized carbons (Fsp3) is 0.471. The van der Waals surface area contributed by atoms with E-state index in [-0.39, 0.29) is 6.29 Å². The number of ketones is 2. The van der Waals surface area contributed by atoms with Crippen LogP contribution in [0.15, 0.2) is 24.3 Å². The highest BCUT2D eigenvalue weighted by Crippen LogP contribution is 2.16. The Labute approximate surface area is 134 Å². The van der Waals surface area contributed by atoms with Gasteiger partial charge in [0.25, 0.3) is 0 Å². The minimum Gasteiger partial charge on any atom is -0.463 e. The molecule has 1 aromatic carbocycles. The van der Waals surface area contributed by atoms with Gasteiger partial charge in [-0.1, -0.05) is 24.3 Å². The van der Waals surface area contributed by atoms with E-state index in [9.17, 15) is 14.4 Å². The Hall–Kier alpha value is -2.05. The summed E-state index contributed by atoms with van der Waals surface area (Å²) in [5.41, 5.74) is 1.29. The largest absolute Gasteiger partial charge is 0.463 e.